The highest BCUT2D eigenvalue weighted by molar-refractivity contribution is 6.18. The fourth-order valence-corrected chi connectivity index (χ4v) is 1.43. The Morgan fingerprint density at radius 2 is 1.94 bits per heavy atom. The van der Waals surface area contributed by atoms with Crippen molar-refractivity contribution in [2.24, 2.45) is 0 Å². The lowest BCUT2D eigenvalue weighted by atomic mass is 10.1. The second-order valence-corrected chi connectivity index (χ2v) is 4.81. The van der Waals surface area contributed by atoms with Gasteiger partial charge in [-0.15, -0.1) is 11.6 Å². The van der Waals surface area contributed by atoms with Gasteiger partial charge in [0.2, 0.25) is 0 Å². The first kappa shape index (κ1) is 13.4. The van der Waals surface area contributed by atoms with Gasteiger partial charge in [-0.2, -0.15) is 0 Å². The van der Waals surface area contributed by atoms with Gasteiger partial charge in [-0.25, -0.2) is 8.78 Å². The van der Waals surface area contributed by atoms with Crippen LogP contribution in [0.15, 0.2) is 18.2 Å². The summed E-state index contributed by atoms with van der Waals surface area (Å²) in [6.45, 7) is 4.36. The van der Waals surface area contributed by atoms with E-state index in [0.717, 1.165) is 6.07 Å². The molecule has 0 bridgehead atoms. The lowest BCUT2D eigenvalue weighted by molar-refractivity contribution is 0.168. The number of rotatable bonds is 4. The molecule has 0 amide bonds. The summed E-state index contributed by atoms with van der Waals surface area (Å²) < 4.78 is 26.1. The minimum absolute atomic E-state index is 0.220. The predicted octanol–water partition coefficient (Wildman–Crippen LogP) is 3.41. The van der Waals surface area contributed by atoms with Crippen LogP contribution in [-0.4, -0.2) is 23.4 Å². The molecule has 0 N–H and O–H groups in total. The summed E-state index contributed by atoms with van der Waals surface area (Å²) in [6, 6.07) is 3.63. The summed E-state index contributed by atoms with van der Waals surface area (Å²) in [5.74, 6) is -0.621. The molecule has 1 nitrogen and oxygen atoms in total. The van der Waals surface area contributed by atoms with Crippen LogP contribution in [0.1, 0.15) is 19.4 Å². The Kier molecular flexibility index (Phi) is 4.28. The van der Waals surface area contributed by atoms with Gasteiger partial charge in [0.1, 0.15) is 11.6 Å². The van der Waals surface area contributed by atoms with Crippen molar-refractivity contribution in [1.82, 2.24) is 4.90 Å². The van der Waals surface area contributed by atoms with E-state index in [1.54, 1.807) is 0 Å². The molecule has 0 aliphatic heterocycles. The lowest BCUT2D eigenvalue weighted by Crippen LogP contribution is -2.42. The van der Waals surface area contributed by atoms with Gasteiger partial charge in [0, 0.05) is 29.6 Å². The van der Waals surface area contributed by atoms with Crippen molar-refractivity contribution in [3.63, 3.8) is 0 Å². The third kappa shape index (κ3) is 3.16. The van der Waals surface area contributed by atoms with Crippen LogP contribution in [0, 0.1) is 11.6 Å². The van der Waals surface area contributed by atoms with E-state index >= 15 is 0 Å². The van der Waals surface area contributed by atoms with Gasteiger partial charge in [-0.05, 0) is 27.0 Å². The van der Waals surface area contributed by atoms with Crippen molar-refractivity contribution in [1.29, 1.82) is 0 Å². The van der Waals surface area contributed by atoms with E-state index in [2.05, 4.69) is 0 Å². The van der Waals surface area contributed by atoms with Crippen LogP contribution in [0.25, 0.3) is 0 Å². The van der Waals surface area contributed by atoms with E-state index in [-0.39, 0.29) is 5.54 Å². The van der Waals surface area contributed by atoms with Crippen LogP contribution in [0.4, 0.5) is 8.78 Å². The number of alkyl halides is 1. The Hall–Kier alpha value is -0.670. The second kappa shape index (κ2) is 5.11. The van der Waals surface area contributed by atoms with Gasteiger partial charge in [-0.3, -0.25) is 4.90 Å². The van der Waals surface area contributed by atoms with Crippen LogP contribution < -0.4 is 0 Å². The average Bonchev–Trinajstić information content (AvgIpc) is 2.22. The number of nitrogens with zero attached hydrogens (tertiary/aromatic N) is 1. The van der Waals surface area contributed by atoms with Crippen molar-refractivity contribution >= 4 is 11.6 Å². The summed E-state index contributed by atoms with van der Waals surface area (Å²) in [6.07, 6.45) is 0. The first-order chi connectivity index (χ1) is 7.36. The van der Waals surface area contributed by atoms with Gasteiger partial charge in [0.05, 0.1) is 0 Å². The summed E-state index contributed by atoms with van der Waals surface area (Å²) in [5, 5.41) is 0. The molecule has 0 radical (unpaired) electrons. The SMILES string of the molecule is CN(Cc1ccc(F)cc1F)C(C)(C)CCl. The molecule has 0 aromatic heterocycles. The highest BCUT2D eigenvalue weighted by atomic mass is 35.5. The van der Waals surface area contributed by atoms with Gasteiger partial charge in [0.15, 0.2) is 0 Å². The van der Waals surface area contributed by atoms with Crippen molar-refractivity contribution in [2.75, 3.05) is 12.9 Å². The molecule has 16 heavy (non-hydrogen) atoms. The fourth-order valence-electron chi connectivity index (χ4n) is 1.22. The maximum atomic E-state index is 13.4. The van der Waals surface area contributed by atoms with Crippen LogP contribution in [0.5, 0.6) is 0 Å². The van der Waals surface area contributed by atoms with Crippen LogP contribution >= 0.6 is 11.6 Å². The number of halogens is 3. The first-order valence-corrected chi connectivity index (χ1v) is 5.61. The summed E-state index contributed by atoms with van der Waals surface area (Å²) in [4.78, 5) is 1.94. The molecule has 1 aromatic rings. The molecule has 1 aromatic carbocycles. The highest BCUT2D eigenvalue weighted by Gasteiger charge is 2.23. The molecule has 0 aliphatic rings. The predicted molar refractivity (Wildman–Crippen MR) is 62.6 cm³/mol. The smallest absolute Gasteiger partial charge is 0.130 e. The second-order valence-electron chi connectivity index (χ2n) is 4.54. The molecule has 0 aliphatic carbocycles. The molecule has 1 rings (SSSR count). The Morgan fingerprint density at radius 3 is 2.44 bits per heavy atom. The Balaban J connectivity index is 2.81. The van der Waals surface area contributed by atoms with E-state index in [4.69, 9.17) is 11.6 Å². The Morgan fingerprint density at radius 1 is 1.31 bits per heavy atom. The van der Waals surface area contributed by atoms with E-state index in [9.17, 15) is 8.78 Å². The monoisotopic (exact) mass is 247 g/mol. The quantitative estimate of drug-likeness (QED) is 0.737. The third-order valence-corrected chi connectivity index (χ3v) is 3.44. The summed E-state index contributed by atoms with van der Waals surface area (Å²) in [5.41, 5.74) is 0.254. The van der Waals surface area contributed by atoms with Crippen molar-refractivity contribution in [3.05, 3.63) is 35.4 Å². The molecule has 0 fully saturated rings. The average molecular weight is 248 g/mol. The van der Waals surface area contributed by atoms with Crippen LogP contribution in [0.3, 0.4) is 0 Å². The molecule has 0 spiro atoms. The van der Waals surface area contributed by atoms with E-state index < -0.39 is 11.6 Å². The minimum atomic E-state index is -0.555. The zero-order valence-corrected chi connectivity index (χ0v) is 10.5. The molecule has 0 atom stereocenters. The van der Waals surface area contributed by atoms with Crippen LogP contribution in [-0.2, 0) is 6.54 Å². The molecule has 90 valence electrons. The topological polar surface area (TPSA) is 3.24 Å². The third-order valence-electron chi connectivity index (χ3n) is 2.78. The van der Waals surface area contributed by atoms with Gasteiger partial charge in [0.25, 0.3) is 0 Å². The lowest BCUT2D eigenvalue weighted by Gasteiger charge is -2.33. The van der Waals surface area contributed by atoms with Crippen LogP contribution in [0.2, 0.25) is 0 Å². The molecule has 0 heterocycles. The van der Waals surface area contributed by atoms with E-state index in [0.29, 0.717) is 18.0 Å². The minimum Gasteiger partial charge on any atom is -0.296 e. The Labute approximate surface area is 100 Å². The van der Waals surface area contributed by atoms with Crippen molar-refractivity contribution in [2.45, 2.75) is 25.9 Å². The van der Waals surface area contributed by atoms with E-state index in [1.807, 2.05) is 25.8 Å². The highest BCUT2D eigenvalue weighted by Crippen LogP contribution is 2.19. The zero-order valence-electron chi connectivity index (χ0n) is 9.73. The molecular weight excluding hydrogens is 232 g/mol. The largest absolute Gasteiger partial charge is 0.296 e. The van der Waals surface area contributed by atoms with Crippen molar-refractivity contribution in [3.8, 4) is 0 Å². The fraction of sp³-hybridized carbons (Fsp3) is 0.500. The number of hydrogen-bond donors (Lipinski definition) is 0. The van der Waals surface area contributed by atoms with E-state index in [1.165, 1.54) is 12.1 Å². The zero-order chi connectivity index (χ0) is 12.3. The van der Waals surface area contributed by atoms with Gasteiger partial charge in [-0.1, -0.05) is 6.07 Å². The number of hydrogen-bond acceptors (Lipinski definition) is 1. The molecule has 0 unspecified atom stereocenters. The Bertz CT molecular complexity index is 366. The maximum absolute atomic E-state index is 13.4. The summed E-state index contributed by atoms with van der Waals surface area (Å²) in [7, 11) is 1.87. The summed E-state index contributed by atoms with van der Waals surface area (Å²) >= 11 is 5.82. The number of benzene rings is 1. The molecule has 0 saturated carbocycles. The normalized spacial score (nSPS) is 12.2. The molecular formula is C12H16ClF2N. The van der Waals surface area contributed by atoms with Gasteiger partial charge < -0.3 is 0 Å². The maximum Gasteiger partial charge on any atom is 0.130 e. The molecule has 0 saturated heterocycles. The molecule has 4 heteroatoms. The first-order valence-electron chi connectivity index (χ1n) is 5.08. The standard InChI is InChI=1S/C12H16ClF2N/c1-12(2,8-13)16(3)7-9-4-5-10(14)6-11(9)15/h4-6H,7-8H2,1-3H3. The van der Waals surface area contributed by atoms with Crippen molar-refractivity contribution < 1.29 is 8.78 Å². The van der Waals surface area contributed by atoms with Gasteiger partial charge >= 0.3 is 0 Å².